The molecular weight excluding hydrogens is 235 g/mol. The molecule has 0 radical (unpaired) electrons. The number of nitrogens with zero attached hydrogens (tertiary/aromatic N) is 1. The second kappa shape index (κ2) is 5.38. The molecule has 1 atom stereocenters. The fourth-order valence-corrected chi connectivity index (χ4v) is 2.42. The van der Waals surface area contributed by atoms with Gasteiger partial charge in [0, 0.05) is 17.8 Å². The summed E-state index contributed by atoms with van der Waals surface area (Å²) in [6.45, 7) is 2.00. The molecule has 2 rings (SSSR count). The van der Waals surface area contributed by atoms with E-state index in [1.54, 1.807) is 11.3 Å². The van der Waals surface area contributed by atoms with Gasteiger partial charge in [-0.15, -0.1) is 11.3 Å². The second-order valence-corrected chi connectivity index (χ2v) is 5.02. The lowest BCUT2D eigenvalue weighted by molar-refractivity contribution is 0.580. The van der Waals surface area contributed by atoms with Crippen molar-refractivity contribution in [2.24, 2.45) is 0 Å². The van der Waals surface area contributed by atoms with E-state index in [0.717, 1.165) is 22.7 Å². The van der Waals surface area contributed by atoms with Gasteiger partial charge in [0.15, 0.2) is 0 Å². The summed E-state index contributed by atoms with van der Waals surface area (Å²) < 4.78 is 12.9. The summed E-state index contributed by atoms with van der Waals surface area (Å²) in [5.74, 6) is -0.201. The van der Waals surface area contributed by atoms with Crippen LogP contribution in [0.25, 0.3) is 0 Å². The van der Waals surface area contributed by atoms with Crippen LogP contribution in [0.15, 0.2) is 29.6 Å². The van der Waals surface area contributed by atoms with E-state index in [-0.39, 0.29) is 11.9 Å². The lowest BCUT2D eigenvalue weighted by atomic mass is 10.0. The highest BCUT2D eigenvalue weighted by Crippen LogP contribution is 2.19. The van der Waals surface area contributed by atoms with Crippen LogP contribution in [0.3, 0.4) is 0 Å². The molecule has 90 valence electrons. The summed E-state index contributed by atoms with van der Waals surface area (Å²) in [6, 6.07) is 6.79. The number of likely N-dealkylation sites (N-methyl/N-ethyl adjacent to an activating group) is 1. The van der Waals surface area contributed by atoms with Crippen molar-refractivity contribution in [3.8, 4) is 0 Å². The summed E-state index contributed by atoms with van der Waals surface area (Å²) in [6.07, 6.45) is 0.826. The van der Waals surface area contributed by atoms with Crippen LogP contribution in [0.4, 0.5) is 4.39 Å². The van der Waals surface area contributed by atoms with Gasteiger partial charge in [-0.05, 0) is 31.7 Å². The molecule has 0 aliphatic carbocycles. The van der Waals surface area contributed by atoms with E-state index in [1.165, 1.54) is 12.1 Å². The average Bonchev–Trinajstić information content (AvgIpc) is 2.73. The molecule has 0 bridgehead atoms. The molecule has 0 aliphatic rings. The van der Waals surface area contributed by atoms with Crippen LogP contribution in [0.5, 0.6) is 0 Å². The Morgan fingerprint density at radius 2 is 2.06 bits per heavy atom. The fourth-order valence-electron chi connectivity index (χ4n) is 1.79. The number of halogens is 1. The van der Waals surface area contributed by atoms with Gasteiger partial charge in [-0.3, -0.25) is 0 Å². The fraction of sp³-hybridized carbons (Fsp3) is 0.308. The standard InChI is InChI=1S/C13H15FN2S/c1-9-16-12(8-17-9)7-13(15-2)10-3-5-11(14)6-4-10/h3-6,8,13,15H,7H2,1-2H3. The molecule has 1 aromatic heterocycles. The Hall–Kier alpha value is -1.26. The minimum Gasteiger partial charge on any atom is -0.313 e. The molecule has 4 heteroatoms. The molecule has 2 nitrogen and oxygen atoms in total. The second-order valence-electron chi connectivity index (χ2n) is 3.95. The zero-order valence-corrected chi connectivity index (χ0v) is 10.7. The minimum atomic E-state index is -0.201. The largest absolute Gasteiger partial charge is 0.313 e. The van der Waals surface area contributed by atoms with E-state index in [2.05, 4.69) is 15.7 Å². The third kappa shape index (κ3) is 3.11. The van der Waals surface area contributed by atoms with Gasteiger partial charge >= 0.3 is 0 Å². The van der Waals surface area contributed by atoms with E-state index < -0.39 is 0 Å². The smallest absolute Gasteiger partial charge is 0.123 e. The zero-order valence-electron chi connectivity index (χ0n) is 9.90. The first-order valence-corrected chi connectivity index (χ1v) is 6.40. The van der Waals surface area contributed by atoms with Crippen molar-refractivity contribution in [1.29, 1.82) is 0 Å². The summed E-state index contributed by atoms with van der Waals surface area (Å²) in [4.78, 5) is 4.45. The van der Waals surface area contributed by atoms with Crippen LogP contribution >= 0.6 is 11.3 Å². The first kappa shape index (κ1) is 12.2. The number of thiazole rings is 1. The first-order valence-electron chi connectivity index (χ1n) is 5.53. The maximum absolute atomic E-state index is 12.9. The van der Waals surface area contributed by atoms with Crippen LogP contribution in [-0.4, -0.2) is 12.0 Å². The molecular formula is C13H15FN2S. The van der Waals surface area contributed by atoms with Crippen molar-refractivity contribution in [3.63, 3.8) is 0 Å². The Morgan fingerprint density at radius 1 is 1.35 bits per heavy atom. The normalized spacial score (nSPS) is 12.6. The van der Waals surface area contributed by atoms with Crippen molar-refractivity contribution in [2.45, 2.75) is 19.4 Å². The number of hydrogen-bond donors (Lipinski definition) is 1. The lowest BCUT2D eigenvalue weighted by Crippen LogP contribution is -2.19. The Balaban J connectivity index is 2.13. The molecule has 1 unspecified atom stereocenters. The van der Waals surface area contributed by atoms with E-state index in [0.29, 0.717) is 0 Å². The molecule has 1 aromatic carbocycles. The number of rotatable bonds is 4. The van der Waals surface area contributed by atoms with Crippen LogP contribution in [0.2, 0.25) is 0 Å². The first-order chi connectivity index (χ1) is 8.19. The Bertz CT molecular complexity index is 478. The van der Waals surface area contributed by atoms with E-state index >= 15 is 0 Å². The van der Waals surface area contributed by atoms with Crippen molar-refractivity contribution in [3.05, 3.63) is 51.7 Å². The van der Waals surface area contributed by atoms with Gasteiger partial charge in [0.05, 0.1) is 10.7 Å². The lowest BCUT2D eigenvalue weighted by Gasteiger charge is -2.15. The van der Waals surface area contributed by atoms with Crippen molar-refractivity contribution in [2.75, 3.05) is 7.05 Å². The van der Waals surface area contributed by atoms with Gasteiger partial charge in [0.1, 0.15) is 5.82 Å². The summed E-state index contributed by atoms with van der Waals surface area (Å²) in [5.41, 5.74) is 2.16. The zero-order chi connectivity index (χ0) is 12.3. The van der Waals surface area contributed by atoms with Crippen LogP contribution in [-0.2, 0) is 6.42 Å². The Morgan fingerprint density at radius 3 is 2.59 bits per heavy atom. The van der Waals surface area contributed by atoms with Gasteiger partial charge in [-0.25, -0.2) is 9.37 Å². The van der Waals surface area contributed by atoms with Crippen LogP contribution < -0.4 is 5.32 Å². The van der Waals surface area contributed by atoms with E-state index in [9.17, 15) is 4.39 Å². The quantitative estimate of drug-likeness (QED) is 0.902. The molecule has 0 fully saturated rings. The van der Waals surface area contributed by atoms with E-state index in [4.69, 9.17) is 0 Å². The predicted octanol–water partition coefficient (Wildman–Crippen LogP) is 3.09. The predicted molar refractivity (Wildman–Crippen MR) is 68.8 cm³/mol. The number of aromatic nitrogens is 1. The van der Waals surface area contributed by atoms with Gasteiger partial charge in [0.25, 0.3) is 0 Å². The van der Waals surface area contributed by atoms with Crippen molar-refractivity contribution >= 4 is 11.3 Å². The monoisotopic (exact) mass is 250 g/mol. The van der Waals surface area contributed by atoms with Crippen molar-refractivity contribution < 1.29 is 4.39 Å². The molecule has 0 amide bonds. The SMILES string of the molecule is CNC(Cc1csc(C)n1)c1ccc(F)cc1. The molecule has 0 spiro atoms. The summed E-state index contributed by atoms with van der Waals surface area (Å²) in [5, 5.41) is 6.39. The molecule has 1 N–H and O–H groups in total. The highest BCUT2D eigenvalue weighted by Gasteiger charge is 2.11. The number of nitrogens with one attached hydrogen (secondary N) is 1. The molecule has 0 saturated heterocycles. The molecule has 17 heavy (non-hydrogen) atoms. The van der Waals surface area contributed by atoms with Gasteiger partial charge in [0.2, 0.25) is 0 Å². The third-order valence-electron chi connectivity index (χ3n) is 2.70. The number of benzene rings is 1. The van der Waals surface area contributed by atoms with Gasteiger partial charge in [-0.2, -0.15) is 0 Å². The van der Waals surface area contributed by atoms with Crippen LogP contribution in [0.1, 0.15) is 22.3 Å². The molecule has 2 aromatic rings. The minimum absolute atomic E-state index is 0.178. The van der Waals surface area contributed by atoms with Crippen LogP contribution in [0, 0.1) is 12.7 Å². The molecule has 0 aliphatic heterocycles. The number of aryl methyl sites for hydroxylation is 1. The highest BCUT2D eigenvalue weighted by atomic mass is 32.1. The van der Waals surface area contributed by atoms with Gasteiger partial charge in [-0.1, -0.05) is 12.1 Å². The van der Waals surface area contributed by atoms with E-state index in [1.807, 2.05) is 26.1 Å². The number of hydrogen-bond acceptors (Lipinski definition) is 3. The Labute approximate surface area is 105 Å². The Kier molecular flexibility index (Phi) is 3.86. The molecule has 0 saturated carbocycles. The van der Waals surface area contributed by atoms with Gasteiger partial charge < -0.3 is 5.32 Å². The maximum atomic E-state index is 12.9. The summed E-state index contributed by atoms with van der Waals surface area (Å²) >= 11 is 1.66. The summed E-state index contributed by atoms with van der Waals surface area (Å²) in [7, 11) is 1.91. The third-order valence-corrected chi connectivity index (χ3v) is 3.52. The topological polar surface area (TPSA) is 24.9 Å². The highest BCUT2D eigenvalue weighted by molar-refractivity contribution is 7.09. The van der Waals surface area contributed by atoms with Crippen molar-refractivity contribution in [1.82, 2.24) is 10.3 Å². The molecule has 1 heterocycles. The average molecular weight is 250 g/mol. The maximum Gasteiger partial charge on any atom is 0.123 e.